The third-order valence-electron chi connectivity index (χ3n) is 4.34. The summed E-state index contributed by atoms with van der Waals surface area (Å²) in [5, 5.41) is 20.4. The van der Waals surface area contributed by atoms with Gasteiger partial charge in [0.15, 0.2) is 0 Å². The van der Waals surface area contributed by atoms with Crippen molar-refractivity contribution in [2.45, 2.75) is 31.8 Å². The lowest BCUT2D eigenvalue weighted by atomic mass is 9.87. The zero-order valence-electron chi connectivity index (χ0n) is 13.8. The molecule has 0 spiro atoms. The lowest BCUT2D eigenvalue weighted by Crippen LogP contribution is -2.29. The van der Waals surface area contributed by atoms with E-state index in [0.29, 0.717) is 28.6 Å². The van der Waals surface area contributed by atoms with Gasteiger partial charge >= 0.3 is 12.1 Å². The fourth-order valence-electron chi connectivity index (χ4n) is 3.14. The van der Waals surface area contributed by atoms with Gasteiger partial charge in [-0.05, 0) is 61.6 Å². The van der Waals surface area contributed by atoms with Crippen molar-refractivity contribution in [3.05, 3.63) is 34.7 Å². The first-order valence-electron chi connectivity index (χ1n) is 8.21. The van der Waals surface area contributed by atoms with E-state index in [2.05, 4.69) is 5.32 Å². The molecule has 3 rings (SSSR count). The second-order valence-corrected chi connectivity index (χ2v) is 7.87. The Morgan fingerprint density at radius 2 is 1.92 bits per heavy atom. The second kappa shape index (κ2) is 7.97. The summed E-state index contributed by atoms with van der Waals surface area (Å²) in [5.74, 6) is -0.437. The molecule has 1 amide bonds. The molecule has 1 aliphatic carbocycles. The van der Waals surface area contributed by atoms with Crippen molar-refractivity contribution in [1.29, 1.82) is 0 Å². The largest absolute Gasteiger partial charge is 0.490 e. The highest BCUT2D eigenvalue weighted by atomic mass is 35.5. The number of carbonyl (C=O) groups is 2. The van der Waals surface area contributed by atoms with Gasteiger partial charge in [-0.2, -0.15) is 0 Å². The van der Waals surface area contributed by atoms with Crippen LogP contribution in [0.4, 0.5) is 10.5 Å². The molecule has 0 radical (unpaired) electrons. The predicted octanol–water partition coefficient (Wildman–Crippen LogP) is 5.18. The van der Waals surface area contributed by atoms with E-state index in [4.69, 9.17) is 26.6 Å². The average molecular weight is 396 g/mol. The van der Waals surface area contributed by atoms with E-state index in [1.54, 1.807) is 18.2 Å². The summed E-state index contributed by atoms with van der Waals surface area (Å²) >= 11 is 7.30. The van der Waals surface area contributed by atoms with E-state index in [9.17, 15) is 9.59 Å². The van der Waals surface area contributed by atoms with E-state index in [1.165, 1.54) is 11.3 Å². The molecule has 138 valence electrons. The Balaban J connectivity index is 1.71. The molecule has 1 fully saturated rings. The molecule has 26 heavy (non-hydrogen) atoms. The molecule has 1 unspecified atom stereocenters. The molecule has 1 heterocycles. The van der Waals surface area contributed by atoms with Gasteiger partial charge in [-0.25, -0.2) is 4.79 Å². The van der Waals surface area contributed by atoms with Crippen molar-refractivity contribution in [3.63, 3.8) is 0 Å². The van der Waals surface area contributed by atoms with Gasteiger partial charge in [-0.15, -0.1) is 11.3 Å². The van der Waals surface area contributed by atoms with Crippen LogP contribution in [0, 0.1) is 5.92 Å². The molecule has 1 aliphatic rings. The smallest absolute Gasteiger partial charge is 0.409 e. The van der Waals surface area contributed by atoms with Crippen molar-refractivity contribution in [3.8, 4) is 16.2 Å². The van der Waals surface area contributed by atoms with E-state index < -0.39 is 12.1 Å². The molecule has 8 heteroatoms. The summed E-state index contributed by atoms with van der Waals surface area (Å²) in [6.07, 6.45) is 1.66. The highest BCUT2D eigenvalue weighted by Crippen LogP contribution is 2.40. The average Bonchev–Trinajstić information content (AvgIpc) is 2.95. The number of hydrogen-bond acceptors (Lipinski definition) is 4. The first-order chi connectivity index (χ1) is 12.4. The fraction of sp³-hybridized carbons (Fsp3) is 0.333. The molecule has 1 saturated carbocycles. The minimum absolute atomic E-state index is 0.101. The van der Waals surface area contributed by atoms with E-state index >= 15 is 0 Å². The maximum atomic E-state index is 11.2. The molecule has 0 bridgehead atoms. The molecule has 2 aromatic rings. The third kappa shape index (κ3) is 4.47. The number of anilines is 1. The van der Waals surface area contributed by atoms with E-state index in [1.807, 2.05) is 12.1 Å². The van der Waals surface area contributed by atoms with Gasteiger partial charge in [0.25, 0.3) is 0 Å². The van der Waals surface area contributed by atoms with Crippen LogP contribution in [-0.2, 0) is 4.79 Å². The fourth-order valence-corrected chi connectivity index (χ4v) is 4.32. The Morgan fingerprint density at radius 1 is 1.19 bits per heavy atom. The van der Waals surface area contributed by atoms with Crippen LogP contribution in [0.2, 0.25) is 4.34 Å². The van der Waals surface area contributed by atoms with Gasteiger partial charge in [0.05, 0.1) is 26.9 Å². The SMILES string of the molecule is O=C(O)Nc1cc(Cl)sc1-c1ccc(OC2CCC[C@H](C(=O)O)C2)cc1. The number of nitrogens with one attached hydrogen (secondary N) is 1. The number of thiophene rings is 1. The summed E-state index contributed by atoms with van der Waals surface area (Å²) in [6.45, 7) is 0. The normalized spacial score (nSPS) is 19.7. The molecule has 1 aromatic heterocycles. The number of aliphatic carboxylic acids is 1. The molecule has 0 aliphatic heterocycles. The summed E-state index contributed by atoms with van der Waals surface area (Å²) in [5.41, 5.74) is 1.27. The molecule has 6 nitrogen and oxygen atoms in total. The number of rotatable bonds is 5. The van der Waals surface area contributed by atoms with Crippen LogP contribution in [0.5, 0.6) is 5.75 Å². The summed E-state index contributed by atoms with van der Waals surface area (Å²) < 4.78 is 6.42. The third-order valence-corrected chi connectivity index (χ3v) is 5.65. The standard InChI is InChI=1S/C18H18ClNO5S/c19-15-9-14(20-18(23)24)16(26-15)10-4-6-12(7-5-10)25-13-3-1-2-11(8-13)17(21)22/h4-7,9,11,13,20H,1-3,8H2,(H,21,22)(H,23,24)/t11-,13?/m0/s1. The molecular formula is C18H18ClNO5S. The minimum atomic E-state index is -1.15. The van der Waals surface area contributed by atoms with Gasteiger partial charge in [0.2, 0.25) is 0 Å². The zero-order chi connectivity index (χ0) is 18.7. The summed E-state index contributed by atoms with van der Waals surface area (Å²) in [4.78, 5) is 22.8. The van der Waals surface area contributed by atoms with Gasteiger partial charge in [-0.3, -0.25) is 10.1 Å². The predicted molar refractivity (Wildman–Crippen MR) is 100 cm³/mol. The highest BCUT2D eigenvalue weighted by molar-refractivity contribution is 7.20. The van der Waals surface area contributed by atoms with Crippen LogP contribution in [-0.4, -0.2) is 28.4 Å². The van der Waals surface area contributed by atoms with Crippen molar-refractivity contribution in [2.75, 3.05) is 5.32 Å². The van der Waals surface area contributed by atoms with Gasteiger partial charge in [0.1, 0.15) is 5.75 Å². The number of halogens is 1. The molecular weight excluding hydrogens is 378 g/mol. The zero-order valence-corrected chi connectivity index (χ0v) is 15.3. The van der Waals surface area contributed by atoms with Crippen LogP contribution < -0.4 is 10.1 Å². The Hall–Kier alpha value is -2.25. The number of carboxylic acid groups (broad SMARTS) is 2. The van der Waals surface area contributed by atoms with Crippen molar-refractivity contribution in [2.24, 2.45) is 5.92 Å². The van der Waals surface area contributed by atoms with Crippen LogP contribution >= 0.6 is 22.9 Å². The number of benzene rings is 1. The maximum Gasteiger partial charge on any atom is 0.409 e. The number of hydrogen-bond donors (Lipinski definition) is 3. The number of ether oxygens (including phenoxy) is 1. The Labute approximate surface area is 159 Å². The van der Waals surface area contributed by atoms with Crippen LogP contribution in [0.15, 0.2) is 30.3 Å². The lowest BCUT2D eigenvalue weighted by Gasteiger charge is -2.27. The van der Waals surface area contributed by atoms with Crippen molar-refractivity contribution in [1.82, 2.24) is 0 Å². The topological polar surface area (TPSA) is 95.9 Å². The molecule has 3 N–H and O–H groups in total. The quantitative estimate of drug-likeness (QED) is 0.648. The molecule has 1 aromatic carbocycles. The Kier molecular flexibility index (Phi) is 5.68. The monoisotopic (exact) mass is 395 g/mol. The summed E-state index contributed by atoms with van der Waals surface area (Å²) in [7, 11) is 0. The van der Waals surface area contributed by atoms with Crippen molar-refractivity contribution >= 4 is 40.7 Å². The first-order valence-corrected chi connectivity index (χ1v) is 9.41. The van der Waals surface area contributed by atoms with Crippen molar-refractivity contribution < 1.29 is 24.5 Å². The van der Waals surface area contributed by atoms with Crippen LogP contribution in [0.25, 0.3) is 10.4 Å². The van der Waals surface area contributed by atoms with E-state index in [-0.39, 0.29) is 12.0 Å². The first kappa shape index (κ1) is 18.5. The van der Waals surface area contributed by atoms with Gasteiger partial charge in [-0.1, -0.05) is 11.6 Å². The number of amides is 1. The highest BCUT2D eigenvalue weighted by Gasteiger charge is 2.28. The van der Waals surface area contributed by atoms with Crippen LogP contribution in [0.3, 0.4) is 0 Å². The summed E-state index contributed by atoms with van der Waals surface area (Å²) in [6, 6.07) is 8.86. The van der Waals surface area contributed by atoms with Crippen LogP contribution in [0.1, 0.15) is 25.7 Å². The lowest BCUT2D eigenvalue weighted by molar-refractivity contribution is -0.143. The second-order valence-electron chi connectivity index (χ2n) is 6.19. The minimum Gasteiger partial charge on any atom is -0.490 e. The van der Waals surface area contributed by atoms with Gasteiger partial charge < -0.3 is 14.9 Å². The molecule has 2 atom stereocenters. The Bertz CT molecular complexity index is 804. The maximum absolute atomic E-state index is 11.2. The number of carboxylic acids is 1. The van der Waals surface area contributed by atoms with Gasteiger partial charge in [0, 0.05) is 0 Å². The van der Waals surface area contributed by atoms with E-state index in [0.717, 1.165) is 23.3 Å². The Morgan fingerprint density at radius 3 is 2.58 bits per heavy atom. The molecule has 0 saturated heterocycles.